The first kappa shape index (κ1) is 22.7. The third-order valence-corrected chi connectivity index (χ3v) is 4.29. The van der Waals surface area contributed by atoms with Gasteiger partial charge in [-0.15, -0.1) is 0 Å². The van der Waals surface area contributed by atoms with Crippen LogP contribution in [0.2, 0.25) is 0 Å². The molecule has 0 saturated carbocycles. The molecule has 1 amide bonds. The number of carbonyl (C=O) groups is 1. The molecule has 3 rings (SSSR count). The highest BCUT2D eigenvalue weighted by Gasteiger charge is 2.04. The molecule has 0 atom stereocenters. The first-order chi connectivity index (χ1) is 15.6. The van der Waals surface area contributed by atoms with E-state index in [4.69, 9.17) is 14.2 Å². The molecule has 0 radical (unpaired) electrons. The predicted octanol–water partition coefficient (Wildman–Crippen LogP) is 5.15. The van der Waals surface area contributed by atoms with E-state index in [-0.39, 0.29) is 12.5 Å². The zero-order valence-corrected chi connectivity index (χ0v) is 18.2. The van der Waals surface area contributed by atoms with Crippen molar-refractivity contribution in [1.82, 2.24) is 0 Å². The third-order valence-electron chi connectivity index (χ3n) is 4.29. The Morgan fingerprint density at radius 1 is 0.750 bits per heavy atom. The fourth-order valence-electron chi connectivity index (χ4n) is 2.73. The molecule has 6 nitrogen and oxygen atoms in total. The fraction of sp³-hybridized carbons (Fsp3) is 0.192. The van der Waals surface area contributed by atoms with Gasteiger partial charge in [-0.25, -0.2) is 0 Å². The molecule has 3 aromatic carbocycles. The molecule has 0 aliphatic carbocycles. The lowest BCUT2D eigenvalue weighted by atomic mass is 10.3. The number of para-hydroxylation sites is 1. The number of nitrogens with one attached hydrogen (secondary N) is 2. The van der Waals surface area contributed by atoms with E-state index >= 15 is 0 Å². The van der Waals surface area contributed by atoms with Gasteiger partial charge in [0.1, 0.15) is 37.1 Å². The van der Waals surface area contributed by atoms with Gasteiger partial charge in [0, 0.05) is 11.4 Å². The summed E-state index contributed by atoms with van der Waals surface area (Å²) >= 11 is 0. The quantitative estimate of drug-likeness (QED) is 0.306. The van der Waals surface area contributed by atoms with E-state index in [0.29, 0.717) is 31.3 Å². The summed E-state index contributed by atoms with van der Waals surface area (Å²) in [6, 6.07) is 24.3. The topological polar surface area (TPSA) is 68.8 Å². The average Bonchev–Trinajstić information content (AvgIpc) is 2.81. The van der Waals surface area contributed by atoms with Crippen molar-refractivity contribution in [2.45, 2.75) is 6.92 Å². The van der Waals surface area contributed by atoms with Gasteiger partial charge in [0.15, 0.2) is 0 Å². The number of ether oxygens (including phenoxy) is 3. The monoisotopic (exact) mass is 432 g/mol. The molecule has 0 aromatic heterocycles. The molecule has 0 saturated heterocycles. The standard InChI is InChI=1S/C26H28N2O4/c1-20(2)19-32-25-12-8-21(9-13-25)27-18-26(29)28-22-10-14-24(15-11-22)31-17-16-30-23-6-4-3-5-7-23/h3-15,27H,1,16-19H2,2H3,(H,28,29). The van der Waals surface area contributed by atoms with Crippen LogP contribution in [0.1, 0.15) is 6.92 Å². The molecule has 166 valence electrons. The van der Waals surface area contributed by atoms with E-state index < -0.39 is 0 Å². The van der Waals surface area contributed by atoms with Crippen LogP contribution >= 0.6 is 0 Å². The van der Waals surface area contributed by atoms with E-state index in [9.17, 15) is 4.79 Å². The summed E-state index contributed by atoms with van der Waals surface area (Å²) in [6.07, 6.45) is 0. The average molecular weight is 433 g/mol. The Morgan fingerprint density at radius 3 is 1.88 bits per heavy atom. The molecular weight excluding hydrogens is 404 g/mol. The maximum absolute atomic E-state index is 12.2. The normalized spacial score (nSPS) is 10.2. The zero-order chi connectivity index (χ0) is 22.6. The molecule has 6 heteroatoms. The second kappa shape index (κ2) is 12.1. The van der Waals surface area contributed by atoms with Crippen molar-refractivity contribution >= 4 is 17.3 Å². The minimum Gasteiger partial charge on any atom is -0.490 e. The lowest BCUT2D eigenvalue weighted by Gasteiger charge is -2.11. The van der Waals surface area contributed by atoms with Crippen LogP contribution in [0.3, 0.4) is 0 Å². The first-order valence-electron chi connectivity index (χ1n) is 10.4. The van der Waals surface area contributed by atoms with Gasteiger partial charge < -0.3 is 24.8 Å². The Bertz CT molecular complexity index is 987. The van der Waals surface area contributed by atoms with Crippen LogP contribution < -0.4 is 24.8 Å². The van der Waals surface area contributed by atoms with Crippen LogP contribution in [0.5, 0.6) is 17.2 Å². The van der Waals surface area contributed by atoms with E-state index in [1.807, 2.05) is 73.7 Å². The summed E-state index contributed by atoms with van der Waals surface area (Å²) in [7, 11) is 0. The van der Waals surface area contributed by atoms with Crippen molar-refractivity contribution in [2.75, 3.05) is 37.0 Å². The Balaban J connectivity index is 1.35. The van der Waals surface area contributed by atoms with E-state index in [2.05, 4.69) is 17.2 Å². The Kier molecular flexibility index (Phi) is 8.57. The molecule has 0 aliphatic rings. The summed E-state index contributed by atoms with van der Waals surface area (Å²) in [6.45, 7) is 7.25. The molecule has 0 aliphatic heterocycles. The van der Waals surface area contributed by atoms with Gasteiger partial charge in [0.25, 0.3) is 0 Å². The highest BCUT2D eigenvalue weighted by atomic mass is 16.5. The van der Waals surface area contributed by atoms with Crippen LogP contribution in [0.25, 0.3) is 0 Å². The van der Waals surface area contributed by atoms with Gasteiger partial charge in [-0.2, -0.15) is 0 Å². The summed E-state index contributed by atoms with van der Waals surface area (Å²) in [5.41, 5.74) is 2.50. The number of amides is 1. The van der Waals surface area contributed by atoms with E-state index in [1.165, 1.54) is 0 Å². The number of anilines is 2. The maximum atomic E-state index is 12.2. The lowest BCUT2D eigenvalue weighted by Crippen LogP contribution is -2.21. The molecule has 0 unspecified atom stereocenters. The predicted molar refractivity (Wildman–Crippen MR) is 128 cm³/mol. The van der Waals surface area contributed by atoms with Gasteiger partial charge in [-0.1, -0.05) is 24.8 Å². The minimum absolute atomic E-state index is 0.141. The molecule has 0 heterocycles. The van der Waals surface area contributed by atoms with Crippen molar-refractivity contribution in [1.29, 1.82) is 0 Å². The van der Waals surface area contributed by atoms with Crippen LogP contribution in [-0.4, -0.2) is 32.3 Å². The molecule has 32 heavy (non-hydrogen) atoms. The summed E-state index contributed by atoms with van der Waals surface area (Å²) in [5.74, 6) is 2.15. The van der Waals surface area contributed by atoms with Crippen LogP contribution in [0, 0.1) is 0 Å². The van der Waals surface area contributed by atoms with Gasteiger partial charge in [0.05, 0.1) is 6.54 Å². The first-order valence-corrected chi connectivity index (χ1v) is 10.4. The van der Waals surface area contributed by atoms with Crippen molar-refractivity contribution in [3.05, 3.63) is 91.0 Å². The molecule has 0 bridgehead atoms. The number of carbonyl (C=O) groups excluding carboxylic acids is 1. The summed E-state index contributed by atoms with van der Waals surface area (Å²) < 4.78 is 16.8. The largest absolute Gasteiger partial charge is 0.490 e. The van der Waals surface area contributed by atoms with Gasteiger partial charge in [0.2, 0.25) is 5.91 Å². The van der Waals surface area contributed by atoms with Crippen molar-refractivity contribution < 1.29 is 19.0 Å². The minimum atomic E-state index is -0.141. The lowest BCUT2D eigenvalue weighted by molar-refractivity contribution is -0.114. The van der Waals surface area contributed by atoms with E-state index in [1.54, 1.807) is 12.1 Å². The fourth-order valence-corrected chi connectivity index (χ4v) is 2.73. The SMILES string of the molecule is C=C(C)COc1ccc(NCC(=O)Nc2ccc(OCCOc3ccccc3)cc2)cc1. The number of benzene rings is 3. The van der Waals surface area contributed by atoms with E-state index in [0.717, 1.165) is 22.8 Å². The van der Waals surface area contributed by atoms with Crippen LogP contribution in [0.15, 0.2) is 91.0 Å². The molecule has 0 fully saturated rings. The second-order valence-corrected chi connectivity index (χ2v) is 7.21. The van der Waals surface area contributed by atoms with Crippen LogP contribution in [0.4, 0.5) is 11.4 Å². The number of rotatable bonds is 12. The van der Waals surface area contributed by atoms with Gasteiger partial charge in [-0.3, -0.25) is 4.79 Å². The number of hydrogen-bond acceptors (Lipinski definition) is 5. The molecule has 3 aromatic rings. The second-order valence-electron chi connectivity index (χ2n) is 7.21. The molecular formula is C26H28N2O4. The van der Waals surface area contributed by atoms with Crippen LogP contribution in [-0.2, 0) is 4.79 Å². The Labute approximate surface area is 188 Å². The third kappa shape index (κ3) is 8.07. The van der Waals surface area contributed by atoms with Gasteiger partial charge in [-0.05, 0) is 73.2 Å². The molecule has 2 N–H and O–H groups in total. The van der Waals surface area contributed by atoms with Crippen molar-refractivity contribution in [3.8, 4) is 17.2 Å². The van der Waals surface area contributed by atoms with Gasteiger partial charge >= 0.3 is 0 Å². The molecule has 0 spiro atoms. The zero-order valence-electron chi connectivity index (χ0n) is 18.2. The summed E-state index contributed by atoms with van der Waals surface area (Å²) in [4.78, 5) is 12.2. The number of hydrogen-bond donors (Lipinski definition) is 2. The highest BCUT2D eigenvalue weighted by molar-refractivity contribution is 5.93. The summed E-state index contributed by atoms with van der Waals surface area (Å²) in [5, 5.41) is 5.95. The maximum Gasteiger partial charge on any atom is 0.243 e. The Hall–Kier alpha value is -3.93. The Morgan fingerprint density at radius 2 is 1.28 bits per heavy atom. The smallest absolute Gasteiger partial charge is 0.243 e. The van der Waals surface area contributed by atoms with Crippen molar-refractivity contribution in [2.24, 2.45) is 0 Å². The van der Waals surface area contributed by atoms with Crippen molar-refractivity contribution in [3.63, 3.8) is 0 Å². The highest BCUT2D eigenvalue weighted by Crippen LogP contribution is 2.17.